The van der Waals surface area contributed by atoms with Gasteiger partial charge in [-0.25, -0.2) is 13.1 Å². The molecule has 0 bridgehead atoms. The fourth-order valence-electron chi connectivity index (χ4n) is 3.98. The van der Waals surface area contributed by atoms with Crippen molar-refractivity contribution >= 4 is 44.8 Å². The summed E-state index contributed by atoms with van der Waals surface area (Å²) in [4.78, 5) is 12.7. The fourth-order valence-corrected chi connectivity index (χ4v) is 6.14. The third-order valence-corrected chi connectivity index (χ3v) is 7.92. The van der Waals surface area contributed by atoms with Crippen LogP contribution in [0.1, 0.15) is 31.9 Å². The number of ether oxygens (including phenoxy) is 2. The van der Waals surface area contributed by atoms with Crippen molar-refractivity contribution < 1.29 is 22.7 Å². The van der Waals surface area contributed by atoms with Gasteiger partial charge in [0.15, 0.2) is 16.4 Å². The molecule has 1 aliphatic heterocycles. The zero-order valence-corrected chi connectivity index (χ0v) is 22.5. The van der Waals surface area contributed by atoms with Gasteiger partial charge in [-0.15, -0.1) is 0 Å². The summed E-state index contributed by atoms with van der Waals surface area (Å²) in [6.45, 7) is 5.57. The largest absolute Gasteiger partial charge is 0.491 e. The Bertz CT molecular complexity index is 1390. The molecular formula is C25H27Cl2N3O5S. The molecule has 1 aliphatic rings. The molecule has 0 aliphatic carbocycles. The van der Waals surface area contributed by atoms with Gasteiger partial charge >= 0.3 is 0 Å². The summed E-state index contributed by atoms with van der Waals surface area (Å²) >= 11 is 12.0. The second-order valence-corrected chi connectivity index (χ2v) is 12.0. The molecule has 0 unspecified atom stereocenters. The topological polar surface area (TPSA) is 99.5 Å². The molecule has 3 aromatic rings. The molecule has 1 aromatic heterocycles. The highest BCUT2D eigenvalue weighted by Crippen LogP contribution is 2.32. The number of nitrogens with one attached hydrogen (secondary N) is 1. The van der Waals surface area contributed by atoms with E-state index < -0.39 is 15.7 Å². The zero-order valence-electron chi connectivity index (χ0n) is 20.1. The molecule has 1 saturated heterocycles. The van der Waals surface area contributed by atoms with Crippen LogP contribution in [0.3, 0.4) is 0 Å². The maximum atomic E-state index is 12.7. The number of rotatable bonds is 8. The van der Waals surface area contributed by atoms with Crippen LogP contribution in [0.5, 0.6) is 11.5 Å². The maximum Gasteiger partial charge on any atom is 0.263 e. The Kier molecular flexibility index (Phi) is 7.82. The summed E-state index contributed by atoms with van der Waals surface area (Å²) in [7, 11) is -3.16. The lowest BCUT2D eigenvalue weighted by Crippen LogP contribution is -2.23. The minimum absolute atomic E-state index is 0.0337. The predicted molar refractivity (Wildman–Crippen MR) is 141 cm³/mol. The molecule has 1 amide bonds. The zero-order chi connectivity index (χ0) is 26.0. The molecular weight excluding hydrogens is 525 g/mol. The third-order valence-electron chi connectivity index (χ3n) is 5.64. The van der Waals surface area contributed by atoms with Crippen molar-refractivity contribution in [1.29, 1.82) is 0 Å². The molecule has 1 atom stereocenters. The molecule has 0 saturated carbocycles. The molecule has 1 N–H and O–H groups in total. The van der Waals surface area contributed by atoms with Crippen LogP contribution in [-0.4, -0.2) is 48.3 Å². The Hall–Kier alpha value is -2.75. The van der Waals surface area contributed by atoms with Crippen LogP contribution in [0.4, 0.5) is 5.82 Å². The minimum atomic E-state index is -3.16. The van der Waals surface area contributed by atoms with E-state index in [9.17, 15) is 13.2 Å². The van der Waals surface area contributed by atoms with E-state index in [-0.39, 0.29) is 30.3 Å². The van der Waals surface area contributed by atoms with E-state index in [1.165, 1.54) is 6.07 Å². The average Bonchev–Trinajstić information content (AvgIpc) is 3.37. The van der Waals surface area contributed by atoms with Crippen LogP contribution in [-0.2, 0) is 14.6 Å². The normalized spacial score (nSPS) is 16.8. The molecule has 0 radical (unpaired) electrons. The van der Waals surface area contributed by atoms with Gasteiger partial charge in [0.1, 0.15) is 17.3 Å². The smallest absolute Gasteiger partial charge is 0.263 e. The van der Waals surface area contributed by atoms with E-state index in [0.717, 1.165) is 16.9 Å². The van der Waals surface area contributed by atoms with Crippen molar-refractivity contribution in [1.82, 2.24) is 9.78 Å². The van der Waals surface area contributed by atoms with Gasteiger partial charge in [0.05, 0.1) is 34.4 Å². The van der Waals surface area contributed by atoms with E-state index in [1.54, 1.807) is 22.9 Å². The summed E-state index contributed by atoms with van der Waals surface area (Å²) in [5, 5.41) is 8.23. The number of hydrogen-bond donors (Lipinski definition) is 1. The van der Waals surface area contributed by atoms with E-state index in [0.29, 0.717) is 33.7 Å². The Balaban J connectivity index is 1.58. The number of carbonyl (C=O) groups excluding carboxylic acids is 1. The second-order valence-electron chi connectivity index (χ2n) is 8.97. The Morgan fingerprint density at radius 1 is 1.17 bits per heavy atom. The number of halogens is 2. The van der Waals surface area contributed by atoms with E-state index in [2.05, 4.69) is 10.4 Å². The maximum absolute atomic E-state index is 12.7. The number of hydrogen-bond acceptors (Lipinski definition) is 6. The van der Waals surface area contributed by atoms with Gasteiger partial charge in [0.25, 0.3) is 5.91 Å². The van der Waals surface area contributed by atoms with Crippen molar-refractivity contribution in [3.8, 4) is 22.8 Å². The van der Waals surface area contributed by atoms with E-state index in [1.807, 2.05) is 39.0 Å². The summed E-state index contributed by atoms with van der Waals surface area (Å²) < 4.78 is 37.2. The lowest BCUT2D eigenvalue weighted by Gasteiger charge is -2.14. The van der Waals surface area contributed by atoms with Crippen LogP contribution < -0.4 is 14.8 Å². The number of sulfone groups is 1. The highest BCUT2D eigenvalue weighted by molar-refractivity contribution is 7.91. The van der Waals surface area contributed by atoms with Crippen molar-refractivity contribution in [2.45, 2.75) is 39.3 Å². The molecule has 11 heteroatoms. The molecule has 36 heavy (non-hydrogen) atoms. The van der Waals surface area contributed by atoms with Crippen molar-refractivity contribution in [3.05, 3.63) is 58.1 Å². The Morgan fingerprint density at radius 3 is 2.56 bits per heavy atom. The van der Waals surface area contributed by atoms with E-state index >= 15 is 0 Å². The highest BCUT2D eigenvalue weighted by atomic mass is 35.5. The van der Waals surface area contributed by atoms with Gasteiger partial charge < -0.3 is 14.8 Å². The Morgan fingerprint density at radius 2 is 1.92 bits per heavy atom. The molecule has 2 heterocycles. The number of nitrogens with zero attached hydrogens (tertiary/aromatic N) is 2. The third kappa shape index (κ3) is 6.32. The van der Waals surface area contributed by atoms with Crippen LogP contribution in [0.2, 0.25) is 10.0 Å². The van der Waals surface area contributed by atoms with Gasteiger partial charge in [0.2, 0.25) is 0 Å². The minimum Gasteiger partial charge on any atom is -0.491 e. The van der Waals surface area contributed by atoms with E-state index in [4.69, 9.17) is 32.7 Å². The van der Waals surface area contributed by atoms with Crippen molar-refractivity contribution in [3.63, 3.8) is 0 Å². The number of amides is 1. The molecule has 1 fully saturated rings. The van der Waals surface area contributed by atoms with Crippen molar-refractivity contribution in [2.75, 3.05) is 23.4 Å². The number of benzene rings is 2. The molecule has 2 aromatic carbocycles. The molecule has 4 rings (SSSR count). The predicted octanol–water partition coefficient (Wildman–Crippen LogP) is 5.33. The summed E-state index contributed by atoms with van der Waals surface area (Å²) in [6.07, 6.45) is 0.466. The van der Waals surface area contributed by atoms with Gasteiger partial charge in [0, 0.05) is 16.7 Å². The second kappa shape index (κ2) is 10.7. The van der Waals surface area contributed by atoms with Crippen LogP contribution in [0.25, 0.3) is 11.3 Å². The number of aryl methyl sites for hydroxylation is 1. The highest BCUT2D eigenvalue weighted by Gasteiger charge is 2.32. The summed E-state index contributed by atoms with van der Waals surface area (Å²) in [5.74, 6) is 1.11. The van der Waals surface area contributed by atoms with Crippen LogP contribution in [0.15, 0.2) is 42.5 Å². The molecule has 192 valence electrons. The lowest BCUT2D eigenvalue weighted by atomic mass is 10.1. The lowest BCUT2D eigenvalue weighted by molar-refractivity contribution is -0.118. The Labute approximate surface area is 220 Å². The van der Waals surface area contributed by atoms with Gasteiger partial charge in [-0.3, -0.25) is 4.79 Å². The van der Waals surface area contributed by atoms with Crippen LogP contribution in [0, 0.1) is 6.92 Å². The average molecular weight is 552 g/mol. The first kappa shape index (κ1) is 26.3. The fraction of sp³-hybridized carbons (Fsp3) is 0.360. The van der Waals surface area contributed by atoms with Crippen molar-refractivity contribution in [2.24, 2.45) is 0 Å². The summed E-state index contributed by atoms with van der Waals surface area (Å²) in [5.41, 5.74) is 2.37. The first-order valence-corrected chi connectivity index (χ1v) is 14.0. The number of carbonyl (C=O) groups is 1. The first-order chi connectivity index (χ1) is 17.0. The van der Waals surface area contributed by atoms with Crippen LogP contribution >= 0.6 is 23.2 Å². The first-order valence-electron chi connectivity index (χ1n) is 11.5. The number of anilines is 1. The van der Waals surface area contributed by atoms with Gasteiger partial charge in [-0.05, 0) is 69.2 Å². The molecule has 0 spiro atoms. The monoisotopic (exact) mass is 551 g/mol. The quantitative estimate of drug-likeness (QED) is 0.406. The SMILES string of the molecule is Cc1cc(-c2cc(NC(=O)COc3ccc(Cl)cc3Cl)n([C@@H]3CCS(=O)(=O)C3)n2)ccc1OC(C)C. The van der Waals surface area contributed by atoms with Gasteiger partial charge in [-0.1, -0.05) is 23.2 Å². The number of aromatic nitrogens is 2. The van der Waals surface area contributed by atoms with Gasteiger partial charge in [-0.2, -0.15) is 5.10 Å². The standard InChI is InChI=1S/C25H27Cl2N3O5S/c1-15(2)35-22-6-4-17(10-16(22)3)21-12-24(30(29-21)19-8-9-36(32,33)14-19)28-25(31)13-34-23-7-5-18(26)11-20(23)27/h4-7,10-12,15,19H,8-9,13-14H2,1-3H3,(H,28,31)/t19-/m1/s1. The molecule has 8 nitrogen and oxygen atoms in total. The summed E-state index contributed by atoms with van der Waals surface area (Å²) in [6, 6.07) is 11.8.